The van der Waals surface area contributed by atoms with Crippen LogP contribution in [0, 0.1) is 0 Å². The molecule has 1 aliphatic heterocycles. The molecule has 2 amide bonds. The van der Waals surface area contributed by atoms with Gasteiger partial charge in [0.2, 0.25) is 0 Å². The molecule has 0 unspecified atom stereocenters. The summed E-state index contributed by atoms with van der Waals surface area (Å²) >= 11 is 12.0. The van der Waals surface area contributed by atoms with Gasteiger partial charge in [0.15, 0.2) is 0 Å². The molecule has 0 bridgehead atoms. The summed E-state index contributed by atoms with van der Waals surface area (Å²) in [5, 5.41) is 3.75. The fourth-order valence-corrected chi connectivity index (χ4v) is 3.40. The number of carbonyl (C=O) groups excluding carboxylic acids is 2. The first-order valence-electron chi connectivity index (χ1n) is 9.12. The number of benzene rings is 3. The van der Waals surface area contributed by atoms with Crippen LogP contribution < -0.4 is 10.0 Å². The maximum absolute atomic E-state index is 13.3. The van der Waals surface area contributed by atoms with Crippen LogP contribution in [0.4, 0.5) is 11.4 Å². The van der Waals surface area contributed by atoms with E-state index in [0.29, 0.717) is 21.4 Å². The minimum absolute atomic E-state index is 0.0613. The summed E-state index contributed by atoms with van der Waals surface area (Å²) in [7, 11) is 0. The second kappa shape index (κ2) is 8.19. The van der Waals surface area contributed by atoms with Gasteiger partial charge in [0, 0.05) is 10.0 Å². The number of nitrogens with zero attached hydrogens (tertiary/aromatic N) is 2. The largest absolute Gasteiger partial charge is 0.283 e. The topological polar surface area (TPSA) is 40.6 Å². The molecular formula is C24H16Cl2N2O2. The van der Waals surface area contributed by atoms with Gasteiger partial charge in [-0.1, -0.05) is 60.1 Å². The normalized spacial score (nSPS) is 13.7. The van der Waals surface area contributed by atoms with Crippen LogP contribution in [-0.4, -0.2) is 11.8 Å². The molecule has 1 heterocycles. The molecule has 1 fully saturated rings. The van der Waals surface area contributed by atoms with Gasteiger partial charge in [0.05, 0.1) is 11.4 Å². The Morgan fingerprint density at radius 3 is 1.43 bits per heavy atom. The maximum atomic E-state index is 13.3. The van der Waals surface area contributed by atoms with Crippen LogP contribution in [0.3, 0.4) is 0 Å². The highest BCUT2D eigenvalue weighted by Gasteiger charge is 2.42. The van der Waals surface area contributed by atoms with Crippen molar-refractivity contribution in [3.63, 3.8) is 0 Å². The number of carbonyl (C=O) groups is 2. The number of halogens is 2. The van der Waals surface area contributed by atoms with Crippen LogP contribution >= 0.6 is 23.2 Å². The molecule has 148 valence electrons. The van der Waals surface area contributed by atoms with Crippen molar-refractivity contribution in [1.29, 1.82) is 0 Å². The first-order chi connectivity index (χ1) is 14.5. The van der Waals surface area contributed by atoms with Crippen LogP contribution in [0.2, 0.25) is 10.0 Å². The van der Waals surface area contributed by atoms with Crippen molar-refractivity contribution in [1.82, 2.24) is 0 Å². The molecule has 3 aromatic carbocycles. The molecule has 1 saturated heterocycles. The molecule has 3 aromatic rings. The lowest BCUT2D eigenvalue weighted by atomic mass is 10.1. The molecule has 1 aliphatic rings. The fraction of sp³-hybridized carbons (Fsp3) is 0. The van der Waals surface area contributed by atoms with Crippen molar-refractivity contribution < 1.29 is 9.59 Å². The first-order valence-corrected chi connectivity index (χ1v) is 9.87. The van der Waals surface area contributed by atoms with E-state index < -0.39 is 11.8 Å². The van der Waals surface area contributed by atoms with Crippen molar-refractivity contribution in [2.45, 2.75) is 0 Å². The van der Waals surface area contributed by atoms with Crippen LogP contribution in [0.15, 0.2) is 84.9 Å². The van der Waals surface area contributed by atoms with Gasteiger partial charge in [-0.2, -0.15) is 0 Å². The Balaban J connectivity index is 1.81. The van der Waals surface area contributed by atoms with E-state index in [4.69, 9.17) is 23.2 Å². The summed E-state index contributed by atoms with van der Waals surface area (Å²) in [4.78, 5) is 26.6. The second-order valence-corrected chi connectivity index (χ2v) is 7.49. The van der Waals surface area contributed by atoms with E-state index in [9.17, 15) is 9.59 Å². The van der Waals surface area contributed by atoms with Crippen LogP contribution in [0.1, 0.15) is 11.1 Å². The van der Waals surface area contributed by atoms with Gasteiger partial charge in [-0.3, -0.25) is 9.59 Å². The smallest absolute Gasteiger partial charge is 0.267 e. The van der Waals surface area contributed by atoms with E-state index in [1.165, 1.54) is 10.0 Å². The van der Waals surface area contributed by atoms with Crippen molar-refractivity contribution in [2.75, 3.05) is 10.0 Å². The van der Waals surface area contributed by atoms with Gasteiger partial charge in [-0.05, 0) is 65.7 Å². The maximum Gasteiger partial charge on any atom is 0.283 e. The van der Waals surface area contributed by atoms with E-state index >= 15 is 0 Å². The third kappa shape index (κ3) is 3.75. The van der Waals surface area contributed by atoms with E-state index in [1.807, 2.05) is 24.3 Å². The predicted molar refractivity (Wildman–Crippen MR) is 122 cm³/mol. The number of hydrazine groups is 1. The summed E-state index contributed by atoms with van der Waals surface area (Å²) in [6, 6.07) is 20.9. The van der Waals surface area contributed by atoms with E-state index in [-0.39, 0.29) is 5.57 Å². The number of anilines is 2. The number of amides is 2. The summed E-state index contributed by atoms with van der Waals surface area (Å²) < 4.78 is 0. The molecule has 0 N–H and O–H groups in total. The Hall–Kier alpha value is -3.34. The van der Waals surface area contributed by atoms with Crippen molar-refractivity contribution in [3.05, 3.63) is 106 Å². The van der Waals surface area contributed by atoms with Gasteiger partial charge in [0.25, 0.3) is 11.8 Å². The average molecular weight is 435 g/mol. The monoisotopic (exact) mass is 434 g/mol. The second-order valence-electron chi connectivity index (χ2n) is 6.62. The number of rotatable bonds is 4. The molecular weight excluding hydrogens is 419 g/mol. The van der Waals surface area contributed by atoms with Gasteiger partial charge < -0.3 is 0 Å². The zero-order valence-electron chi connectivity index (χ0n) is 15.8. The van der Waals surface area contributed by atoms with E-state index in [0.717, 1.165) is 11.1 Å². The standard InChI is InChI=1S/C24H16Cl2N2O2/c1-2-16-3-5-17(6-4-16)15-22-23(29)27(20-11-7-18(25)8-12-20)28(24(22)30)21-13-9-19(26)10-14-21/h2-15H,1H2. The number of hydrogen-bond acceptors (Lipinski definition) is 2. The molecule has 6 heteroatoms. The fourth-order valence-electron chi connectivity index (χ4n) is 3.15. The van der Waals surface area contributed by atoms with Gasteiger partial charge in [0.1, 0.15) is 5.57 Å². The Labute approximate surface area is 184 Å². The Kier molecular flexibility index (Phi) is 5.44. The summed E-state index contributed by atoms with van der Waals surface area (Å²) in [5.41, 5.74) is 2.81. The summed E-state index contributed by atoms with van der Waals surface area (Å²) in [6.45, 7) is 3.73. The minimum atomic E-state index is -0.426. The molecule has 0 aliphatic carbocycles. The lowest BCUT2D eigenvalue weighted by Gasteiger charge is -2.27. The third-order valence-corrected chi connectivity index (χ3v) is 5.18. The van der Waals surface area contributed by atoms with Gasteiger partial charge in [-0.25, -0.2) is 10.0 Å². The molecule has 0 spiro atoms. The highest BCUT2D eigenvalue weighted by atomic mass is 35.5. The minimum Gasteiger partial charge on any atom is -0.267 e. The van der Waals surface area contributed by atoms with Crippen molar-refractivity contribution in [3.8, 4) is 0 Å². The van der Waals surface area contributed by atoms with Crippen LogP contribution in [-0.2, 0) is 9.59 Å². The SMILES string of the molecule is C=Cc1ccc(C=C2C(=O)N(c3ccc(Cl)cc3)N(c3ccc(Cl)cc3)C2=O)cc1. The highest BCUT2D eigenvalue weighted by molar-refractivity contribution is 6.38. The molecule has 0 saturated carbocycles. The molecule has 0 radical (unpaired) electrons. The van der Waals surface area contributed by atoms with Crippen molar-refractivity contribution in [2.24, 2.45) is 0 Å². The lowest BCUT2D eigenvalue weighted by molar-refractivity contribution is -0.116. The zero-order valence-corrected chi connectivity index (χ0v) is 17.3. The van der Waals surface area contributed by atoms with Crippen LogP contribution in [0.5, 0.6) is 0 Å². The molecule has 30 heavy (non-hydrogen) atoms. The zero-order chi connectivity index (χ0) is 21.3. The summed E-state index contributed by atoms with van der Waals surface area (Å²) in [6.07, 6.45) is 3.32. The third-order valence-electron chi connectivity index (χ3n) is 4.67. The Morgan fingerprint density at radius 1 is 0.633 bits per heavy atom. The quantitative estimate of drug-likeness (QED) is 0.372. The van der Waals surface area contributed by atoms with Crippen LogP contribution in [0.25, 0.3) is 12.2 Å². The lowest BCUT2D eigenvalue weighted by Crippen LogP contribution is -2.41. The molecule has 4 nitrogen and oxygen atoms in total. The van der Waals surface area contributed by atoms with Gasteiger partial charge in [-0.15, -0.1) is 0 Å². The van der Waals surface area contributed by atoms with Gasteiger partial charge >= 0.3 is 0 Å². The summed E-state index contributed by atoms with van der Waals surface area (Å²) in [5.74, 6) is -0.852. The van der Waals surface area contributed by atoms with E-state index in [1.54, 1.807) is 60.7 Å². The first kappa shape index (κ1) is 20.0. The molecule has 4 rings (SSSR count). The van der Waals surface area contributed by atoms with E-state index in [2.05, 4.69) is 6.58 Å². The molecule has 0 atom stereocenters. The highest BCUT2D eigenvalue weighted by Crippen LogP contribution is 2.33. The molecule has 0 aromatic heterocycles. The average Bonchev–Trinajstić information content (AvgIpc) is 3.00. The number of hydrogen-bond donors (Lipinski definition) is 0. The predicted octanol–water partition coefficient (Wildman–Crippen LogP) is 6.01. The van der Waals surface area contributed by atoms with Crippen molar-refractivity contribution >= 4 is 58.5 Å². The Morgan fingerprint density at radius 2 is 1.03 bits per heavy atom. The Bertz CT molecular complexity index is 1090.